The summed E-state index contributed by atoms with van der Waals surface area (Å²) in [7, 11) is 0. The number of para-hydroxylation sites is 1. The van der Waals surface area contributed by atoms with Crippen LogP contribution < -0.4 is 10.2 Å². The van der Waals surface area contributed by atoms with Crippen LogP contribution in [0.3, 0.4) is 0 Å². The van der Waals surface area contributed by atoms with Gasteiger partial charge in [0, 0.05) is 24.3 Å². The summed E-state index contributed by atoms with van der Waals surface area (Å²) in [6, 6.07) is 27.3. The number of nitrogens with zero attached hydrogens (tertiary/aromatic N) is 3. The molecule has 1 N–H and O–H groups in total. The normalized spacial score (nSPS) is 10.4. The number of benzene rings is 2. The Kier molecular flexibility index (Phi) is 6.11. The molecule has 2 aromatic carbocycles. The molecule has 0 atom stereocenters. The summed E-state index contributed by atoms with van der Waals surface area (Å²) in [5, 5.41) is 3.29. The molecule has 0 aliphatic carbocycles. The molecular weight excluding hydrogens is 372 g/mol. The highest BCUT2D eigenvalue weighted by Gasteiger charge is 2.19. The molecule has 2 aromatic heterocycles. The number of carbonyl (C=O) groups excluding carboxylic acids is 1. The van der Waals surface area contributed by atoms with E-state index >= 15 is 0 Å². The third-order valence-corrected chi connectivity index (χ3v) is 4.68. The predicted octanol–water partition coefficient (Wildman–Crippen LogP) is 4.94. The van der Waals surface area contributed by atoms with Gasteiger partial charge in [-0.3, -0.25) is 14.8 Å². The molecule has 0 unspecified atom stereocenters. The Balaban J connectivity index is 1.56. The molecule has 0 aliphatic rings. The van der Waals surface area contributed by atoms with Crippen LogP contribution in [0.2, 0.25) is 0 Å². The lowest BCUT2D eigenvalue weighted by molar-refractivity contribution is 0.0985. The van der Waals surface area contributed by atoms with Crippen molar-refractivity contribution in [3.8, 4) is 0 Å². The van der Waals surface area contributed by atoms with Crippen molar-refractivity contribution in [1.82, 2.24) is 9.97 Å². The number of carbonyl (C=O) groups is 1. The number of amides is 1. The average molecular weight is 394 g/mol. The van der Waals surface area contributed by atoms with Crippen LogP contribution in [-0.4, -0.2) is 15.9 Å². The first kappa shape index (κ1) is 19.3. The van der Waals surface area contributed by atoms with Gasteiger partial charge < -0.3 is 10.2 Å². The molecule has 0 spiro atoms. The zero-order valence-electron chi connectivity index (χ0n) is 16.5. The fourth-order valence-electron chi connectivity index (χ4n) is 3.16. The maximum atomic E-state index is 13.4. The maximum absolute atomic E-state index is 13.4. The third kappa shape index (κ3) is 4.89. The molecule has 1 amide bonds. The van der Waals surface area contributed by atoms with Crippen molar-refractivity contribution in [3.63, 3.8) is 0 Å². The lowest BCUT2D eigenvalue weighted by Crippen LogP contribution is -2.30. The zero-order valence-corrected chi connectivity index (χ0v) is 16.5. The molecule has 0 saturated heterocycles. The van der Waals surface area contributed by atoms with Crippen LogP contribution in [0.5, 0.6) is 0 Å². The number of hydrogen-bond donors (Lipinski definition) is 1. The average Bonchev–Trinajstić information content (AvgIpc) is 2.83. The minimum Gasteiger partial charge on any atom is -0.378 e. The lowest BCUT2D eigenvalue weighted by Gasteiger charge is -2.23. The third-order valence-electron chi connectivity index (χ3n) is 4.68. The number of nitrogens with one attached hydrogen (secondary N) is 1. The van der Waals surface area contributed by atoms with Gasteiger partial charge in [0.25, 0.3) is 5.91 Å². The second-order valence-corrected chi connectivity index (χ2v) is 6.85. The summed E-state index contributed by atoms with van der Waals surface area (Å²) in [6.45, 7) is 1.04. The quantitative estimate of drug-likeness (QED) is 0.483. The van der Waals surface area contributed by atoms with Gasteiger partial charge in [-0.15, -0.1) is 0 Å². The van der Waals surface area contributed by atoms with E-state index in [1.54, 1.807) is 23.5 Å². The SMILES string of the molecule is O=C(c1cncc(NCc2ccccn2)c1)N(Cc1ccccc1)c1ccccc1. The van der Waals surface area contributed by atoms with Crippen LogP contribution in [0.1, 0.15) is 21.6 Å². The predicted molar refractivity (Wildman–Crippen MR) is 119 cm³/mol. The number of rotatable bonds is 7. The Morgan fingerprint density at radius 1 is 0.867 bits per heavy atom. The summed E-state index contributed by atoms with van der Waals surface area (Å²) in [5.74, 6) is -0.0981. The van der Waals surface area contributed by atoms with Gasteiger partial charge in [-0.2, -0.15) is 0 Å². The summed E-state index contributed by atoms with van der Waals surface area (Å²) in [6.07, 6.45) is 5.08. The van der Waals surface area contributed by atoms with E-state index in [0.29, 0.717) is 18.7 Å². The van der Waals surface area contributed by atoms with Gasteiger partial charge in [-0.1, -0.05) is 54.6 Å². The molecule has 30 heavy (non-hydrogen) atoms. The van der Waals surface area contributed by atoms with Crippen molar-refractivity contribution in [2.45, 2.75) is 13.1 Å². The summed E-state index contributed by atoms with van der Waals surface area (Å²) in [4.78, 5) is 23.8. The monoisotopic (exact) mass is 394 g/mol. The fraction of sp³-hybridized carbons (Fsp3) is 0.0800. The van der Waals surface area contributed by atoms with Crippen molar-refractivity contribution in [1.29, 1.82) is 0 Å². The highest BCUT2D eigenvalue weighted by molar-refractivity contribution is 6.06. The molecule has 4 aromatic rings. The van der Waals surface area contributed by atoms with Crippen LogP contribution in [0, 0.1) is 0 Å². The molecule has 4 rings (SSSR count). The molecule has 5 nitrogen and oxygen atoms in total. The van der Waals surface area contributed by atoms with Crippen LogP contribution in [0.25, 0.3) is 0 Å². The number of aromatic nitrogens is 2. The summed E-state index contributed by atoms with van der Waals surface area (Å²) >= 11 is 0. The van der Waals surface area contributed by atoms with Gasteiger partial charge in [0.2, 0.25) is 0 Å². The minimum absolute atomic E-state index is 0.0981. The van der Waals surface area contributed by atoms with E-state index in [-0.39, 0.29) is 5.91 Å². The van der Waals surface area contributed by atoms with Gasteiger partial charge >= 0.3 is 0 Å². The van der Waals surface area contributed by atoms with Gasteiger partial charge in [0.05, 0.1) is 30.0 Å². The standard InChI is InChI=1S/C25H22N4O/c30-25(21-15-23(17-26-16-21)28-18-22-11-7-8-14-27-22)29(24-12-5-2-6-13-24)19-20-9-3-1-4-10-20/h1-17,28H,18-19H2. The molecule has 148 valence electrons. The first-order valence-electron chi connectivity index (χ1n) is 9.79. The first-order chi connectivity index (χ1) is 14.8. The molecule has 0 saturated carbocycles. The van der Waals surface area contributed by atoms with Gasteiger partial charge in [-0.25, -0.2) is 0 Å². The molecule has 0 aliphatic heterocycles. The molecule has 2 heterocycles. The Bertz CT molecular complexity index is 1090. The molecule has 0 bridgehead atoms. The van der Waals surface area contributed by atoms with Crippen molar-refractivity contribution >= 4 is 17.3 Å². The Hall–Kier alpha value is -3.99. The molecule has 5 heteroatoms. The maximum Gasteiger partial charge on any atom is 0.260 e. The van der Waals surface area contributed by atoms with Crippen molar-refractivity contribution in [2.24, 2.45) is 0 Å². The van der Waals surface area contributed by atoms with Crippen LogP contribution in [-0.2, 0) is 13.1 Å². The second kappa shape index (κ2) is 9.47. The van der Waals surface area contributed by atoms with E-state index in [9.17, 15) is 4.79 Å². The highest BCUT2D eigenvalue weighted by atomic mass is 16.2. The van der Waals surface area contributed by atoms with E-state index in [1.165, 1.54) is 0 Å². The van der Waals surface area contributed by atoms with Gasteiger partial charge in [0.1, 0.15) is 0 Å². The van der Waals surface area contributed by atoms with Gasteiger partial charge in [-0.05, 0) is 35.9 Å². The lowest BCUT2D eigenvalue weighted by atomic mass is 10.1. The van der Waals surface area contributed by atoms with Crippen LogP contribution >= 0.6 is 0 Å². The zero-order chi connectivity index (χ0) is 20.6. The molecule has 0 radical (unpaired) electrons. The van der Waals surface area contributed by atoms with E-state index in [1.807, 2.05) is 84.9 Å². The molecular formula is C25H22N4O. The second-order valence-electron chi connectivity index (χ2n) is 6.85. The van der Waals surface area contributed by atoms with Crippen LogP contribution in [0.15, 0.2) is 104 Å². The number of pyridine rings is 2. The van der Waals surface area contributed by atoms with E-state index < -0.39 is 0 Å². The Morgan fingerprint density at radius 3 is 2.33 bits per heavy atom. The van der Waals surface area contributed by atoms with Crippen molar-refractivity contribution in [2.75, 3.05) is 10.2 Å². The van der Waals surface area contributed by atoms with E-state index in [4.69, 9.17) is 0 Å². The smallest absolute Gasteiger partial charge is 0.260 e. The van der Waals surface area contributed by atoms with Gasteiger partial charge in [0.15, 0.2) is 0 Å². The van der Waals surface area contributed by atoms with E-state index in [2.05, 4.69) is 15.3 Å². The number of hydrogen-bond acceptors (Lipinski definition) is 4. The van der Waals surface area contributed by atoms with Crippen molar-refractivity contribution in [3.05, 3.63) is 120 Å². The van der Waals surface area contributed by atoms with Crippen LogP contribution in [0.4, 0.5) is 11.4 Å². The minimum atomic E-state index is -0.0981. The Morgan fingerprint density at radius 2 is 1.60 bits per heavy atom. The molecule has 0 fully saturated rings. The number of anilines is 2. The van der Waals surface area contributed by atoms with E-state index in [0.717, 1.165) is 22.6 Å². The van der Waals surface area contributed by atoms with Crippen molar-refractivity contribution < 1.29 is 4.79 Å². The Labute approximate surface area is 176 Å². The highest BCUT2D eigenvalue weighted by Crippen LogP contribution is 2.21. The first-order valence-corrected chi connectivity index (χ1v) is 9.79. The topological polar surface area (TPSA) is 58.1 Å². The largest absolute Gasteiger partial charge is 0.378 e. The summed E-state index contributed by atoms with van der Waals surface area (Å²) < 4.78 is 0. The summed E-state index contributed by atoms with van der Waals surface area (Å²) in [5.41, 5.74) is 4.13. The fourth-order valence-corrected chi connectivity index (χ4v) is 3.16.